The molecule has 0 aromatic rings. The molecule has 0 amide bonds. The van der Waals surface area contributed by atoms with Gasteiger partial charge in [-0.25, -0.2) is 0 Å². The van der Waals surface area contributed by atoms with Gasteiger partial charge >= 0.3 is 5.97 Å². The second-order valence-electron chi connectivity index (χ2n) is 16.5. The molecule has 3 saturated heterocycles. The van der Waals surface area contributed by atoms with Gasteiger partial charge in [0.1, 0.15) is 12.2 Å². The minimum atomic E-state index is -1.04. The predicted octanol–water partition coefficient (Wildman–Crippen LogP) is 6.07. The smallest absolute Gasteiger partial charge is 0.311 e. The molecule has 3 aliphatic rings. The topological polar surface area (TPSA) is 107 Å². The van der Waals surface area contributed by atoms with Gasteiger partial charge in [-0.1, -0.05) is 41.5 Å². The summed E-state index contributed by atoms with van der Waals surface area (Å²) in [6, 6.07) is 0.314. The fraction of sp³-hybridized carbons (Fsp3) is 0.974. The lowest BCUT2D eigenvalue weighted by molar-refractivity contribution is -0.254. The third-order valence-electron chi connectivity index (χ3n) is 12.5. The fourth-order valence-electron chi connectivity index (χ4n) is 8.84. The number of aliphatic hydroxyl groups excluding tert-OH is 2. The van der Waals surface area contributed by atoms with Gasteiger partial charge in [-0.2, -0.15) is 0 Å². The van der Waals surface area contributed by atoms with E-state index in [4.69, 9.17) is 23.7 Å². The highest BCUT2D eigenvalue weighted by Gasteiger charge is 2.49. The minimum absolute atomic E-state index is 0.0337. The molecule has 17 atom stereocenters. The number of nitrogens with zero attached hydrogens (tertiary/aromatic N) is 1. The second-order valence-corrected chi connectivity index (χ2v) is 16.5. The molecular formula is C38H71NO8. The molecule has 0 aromatic carbocycles. The van der Waals surface area contributed by atoms with Crippen LogP contribution in [0.1, 0.15) is 114 Å². The Balaban J connectivity index is 2.08. The van der Waals surface area contributed by atoms with Crippen LogP contribution in [0.4, 0.5) is 0 Å². The fourth-order valence-corrected chi connectivity index (χ4v) is 8.84. The summed E-state index contributed by atoms with van der Waals surface area (Å²) in [5.74, 6) is 0.00862. The summed E-state index contributed by atoms with van der Waals surface area (Å²) in [7, 11) is 5.82. The van der Waals surface area contributed by atoms with Gasteiger partial charge in [-0.3, -0.25) is 4.79 Å². The van der Waals surface area contributed by atoms with E-state index < -0.39 is 48.1 Å². The van der Waals surface area contributed by atoms with Crippen LogP contribution in [0.3, 0.4) is 0 Å². The van der Waals surface area contributed by atoms with Crippen LogP contribution in [0.5, 0.6) is 0 Å². The number of cyclic esters (lactones) is 1. The number of aliphatic hydroxyl groups is 2. The lowest BCUT2D eigenvalue weighted by Crippen LogP contribution is -2.57. The van der Waals surface area contributed by atoms with E-state index in [-0.39, 0.29) is 36.1 Å². The van der Waals surface area contributed by atoms with Gasteiger partial charge < -0.3 is 38.8 Å². The van der Waals surface area contributed by atoms with Crippen molar-refractivity contribution in [1.29, 1.82) is 0 Å². The van der Waals surface area contributed by atoms with Crippen molar-refractivity contribution >= 4 is 5.97 Å². The number of rotatable bonds is 7. The van der Waals surface area contributed by atoms with Crippen molar-refractivity contribution in [3.8, 4) is 0 Å². The van der Waals surface area contributed by atoms with Crippen LogP contribution in [0.2, 0.25) is 0 Å². The molecule has 3 aliphatic heterocycles. The summed E-state index contributed by atoms with van der Waals surface area (Å²) in [5, 5.41) is 23.2. The van der Waals surface area contributed by atoms with Gasteiger partial charge in [0.15, 0.2) is 6.29 Å². The number of methoxy groups -OCH3 is 1. The lowest BCUT2D eigenvalue weighted by Gasteiger charge is -2.47. The van der Waals surface area contributed by atoms with Crippen molar-refractivity contribution in [1.82, 2.24) is 4.90 Å². The van der Waals surface area contributed by atoms with Crippen molar-refractivity contribution < 1.29 is 38.7 Å². The molecule has 3 heterocycles. The first-order valence-corrected chi connectivity index (χ1v) is 18.7. The first-order valence-electron chi connectivity index (χ1n) is 18.7. The average molecular weight is 670 g/mol. The Morgan fingerprint density at radius 2 is 1.51 bits per heavy atom. The highest BCUT2D eigenvalue weighted by molar-refractivity contribution is 5.73. The number of hydrogen-bond donors (Lipinski definition) is 2. The Labute approximate surface area is 286 Å². The standard InChI is InChI=1S/C38H71NO8/c1-14-32-23(4)15-21(2)26(7)22(3)16-24(5)35(47-33-18-29(39(11)12)17-25(6)44-33)31(34(40)27(8)37(42)46-32)19-30-20-38(10,43-13)36(41)28(9)45-30/h21-36,40-41H,14-20H2,1-13H3/t21-,22-,23-,24+,25-,26+,27-,28+,29+,30?,31+,32-,33+,34-,35+,36+,38-/m1/s1. The van der Waals surface area contributed by atoms with Gasteiger partial charge in [0.2, 0.25) is 0 Å². The van der Waals surface area contributed by atoms with Crippen LogP contribution in [-0.2, 0) is 28.5 Å². The molecule has 276 valence electrons. The zero-order valence-corrected chi connectivity index (χ0v) is 32.0. The van der Waals surface area contributed by atoms with E-state index in [0.29, 0.717) is 36.6 Å². The van der Waals surface area contributed by atoms with E-state index in [1.165, 1.54) is 0 Å². The number of ether oxygens (including phenoxy) is 5. The molecule has 0 radical (unpaired) electrons. The van der Waals surface area contributed by atoms with Gasteiger partial charge in [0.25, 0.3) is 0 Å². The zero-order chi connectivity index (χ0) is 35.4. The average Bonchev–Trinajstić information content (AvgIpc) is 3.01. The first kappa shape index (κ1) is 40.6. The van der Waals surface area contributed by atoms with Crippen LogP contribution in [0.15, 0.2) is 0 Å². The van der Waals surface area contributed by atoms with Crippen molar-refractivity contribution in [2.45, 2.75) is 175 Å². The number of esters is 1. The quantitative estimate of drug-likeness (QED) is 0.313. The van der Waals surface area contributed by atoms with Crippen LogP contribution in [0.25, 0.3) is 0 Å². The summed E-state index contributed by atoms with van der Waals surface area (Å²) in [6.45, 7) is 21.2. The third kappa shape index (κ3) is 10.1. The maximum Gasteiger partial charge on any atom is 0.311 e. The molecular weight excluding hydrogens is 598 g/mol. The zero-order valence-electron chi connectivity index (χ0n) is 32.0. The van der Waals surface area contributed by atoms with E-state index in [2.05, 4.69) is 67.5 Å². The van der Waals surface area contributed by atoms with E-state index in [1.807, 2.05) is 13.8 Å². The molecule has 3 fully saturated rings. The Bertz CT molecular complexity index is 966. The van der Waals surface area contributed by atoms with Gasteiger partial charge in [-0.15, -0.1) is 0 Å². The number of carbonyl (C=O) groups is 1. The summed E-state index contributed by atoms with van der Waals surface area (Å²) < 4.78 is 31.9. The monoisotopic (exact) mass is 670 g/mol. The predicted molar refractivity (Wildman–Crippen MR) is 185 cm³/mol. The molecule has 2 N–H and O–H groups in total. The SMILES string of the molecule is CC[C@H]1OC(=O)[C@H](C)[C@@H](O)[C@H](CC2C[C@@](C)(OC)[C@@H](O)[C@H](C)O2)[C@@H](O[C@H]2C[C@@H](N(C)C)C[C@@H](C)O2)[C@@H](C)C[C@@H](C)[C@@H](C)[C@H](C)C[C@H]1C. The molecule has 0 aliphatic carbocycles. The minimum Gasteiger partial charge on any atom is -0.462 e. The number of carbonyl (C=O) groups excluding carboxylic acids is 1. The summed E-state index contributed by atoms with van der Waals surface area (Å²) in [4.78, 5) is 16.0. The Morgan fingerprint density at radius 3 is 2.09 bits per heavy atom. The van der Waals surface area contributed by atoms with Gasteiger partial charge in [0.05, 0.1) is 42.0 Å². The second kappa shape index (κ2) is 17.4. The molecule has 3 rings (SSSR count). The molecule has 1 unspecified atom stereocenters. The highest BCUT2D eigenvalue weighted by Crippen LogP contribution is 2.41. The van der Waals surface area contributed by atoms with Crippen molar-refractivity contribution in [2.75, 3.05) is 21.2 Å². The molecule has 9 nitrogen and oxygen atoms in total. The molecule has 9 heteroatoms. The first-order chi connectivity index (χ1) is 21.9. The Morgan fingerprint density at radius 1 is 0.894 bits per heavy atom. The largest absolute Gasteiger partial charge is 0.462 e. The summed E-state index contributed by atoms with van der Waals surface area (Å²) in [6.07, 6.45) is 1.56. The van der Waals surface area contributed by atoms with Crippen LogP contribution in [-0.4, -0.2) is 103 Å². The van der Waals surface area contributed by atoms with E-state index in [9.17, 15) is 15.0 Å². The summed E-state index contributed by atoms with van der Waals surface area (Å²) in [5.41, 5.74) is -0.799. The van der Waals surface area contributed by atoms with E-state index in [1.54, 1.807) is 14.0 Å². The Hall–Kier alpha value is -0.810. The van der Waals surface area contributed by atoms with Crippen LogP contribution >= 0.6 is 0 Å². The maximum absolute atomic E-state index is 13.8. The van der Waals surface area contributed by atoms with Crippen LogP contribution < -0.4 is 0 Å². The molecule has 0 saturated carbocycles. The number of hydrogen-bond acceptors (Lipinski definition) is 9. The highest BCUT2D eigenvalue weighted by atomic mass is 16.7. The van der Waals surface area contributed by atoms with Crippen LogP contribution in [0, 0.1) is 41.4 Å². The van der Waals surface area contributed by atoms with Gasteiger partial charge in [0, 0.05) is 31.9 Å². The van der Waals surface area contributed by atoms with Gasteiger partial charge in [-0.05, 0) is 103 Å². The molecule has 0 aromatic heterocycles. The van der Waals surface area contributed by atoms with Crippen molar-refractivity contribution in [2.24, 2.45) is 41.4 Å². The van der Waals surface area contributed by atoms with Crippen molar-refractivity contribution in [3.05, 3.63) is 0 Å². The van der Waals surface area contributed by atoms with Crippen molar-refractivity contribution in [3.63, 3.8) is 0 Å². The van der Waals surface area contributed by atoms with E-state index in [0.717, 1.165) is 32.1 Å². The normalized spacial score (nSPS) is 48.1. The molecule has 47 heavy (non-hydrogen) atoms. The maximum atomic E-state index is 13.8. The Kier molecular flexibility index (Phi) is 15.0. The molecule has 0 spiro atoms. The van der Waals surface area contributed by atoms with E-state index >= 15 is 0 Å². The lowest BCUT2D eigenvalue weighted by atomic mass is 9.72. The third-order valence-corrected chi connectivity index (χ3v) is 12.5. The molecule has 0 bridgehead atoms. The summed E-state index contributed by atoms with van der Waals surface area (Å²) >= 11 is 0.